The lowest BCUT2D eigenvalue weighted by atomic mass is 9.98. The van der Waals surface area contributed by atoms with E-state index in [9.17, 15) is 8.78 Å². The monoisotopic (exact) mass is 199 g/mol. The summed E-state index contributed by atoms with van der Waals surface area (Å²) in [5.41, 5.74) is 1.36. The van der Waals surface area contributed by atoms with Gasteiger partial charge in [-0.15, -0.1) is 0 Å². The maximum absolute atomic E-state index is 12.8. The van der Waals surface area contributed by atoms with E-state index in [1.165, 1.54) is 0 Å². The SMILES string of the molecule is CCc1ccnc(C(C)C)c1C(F)F. The average molecular weight is 199 g/mol. The maximum Gasteiger partial charge on any atom is 0.265 e. The van der Waals surface area contributed by atoms with Crippen LogP contribution in [0.5, 0.6) is 0 Å². The predicted octanol–water partition coefficient (Wildman–Crippen LogP) is 3.71. The normalized spacial score (nSPS) is 11.4. The molecule has 0 atom stereocenters. The molecule has 1 heterocycles. The second-order valence-electron chi connectivity index (χ2n) is 3.58. The Kier molecular flexibility index (Phi) is 3.55. The summed E-state index contributed by atoms with van der Waals surface area (Å²) in [6, 6.07) is 1.67. The van der Waals surface area contributed by atoms with Crippen molar-refractivity contribution in [1.29, 1.82) is 0 Å². The molecule has 0 aliphatic carbocycles. The van der Waals surface area contributed by atoms with Crippen molar-refractivity contribution in [3.05, 3.63) is 29.1 Å². The molecular formula is C11H15F2N. The van der Waals surface area contributed by atoms with Crippen molar-refractivity contribution in [2.45, 2.75) is 39.5 Å². The molecule has 1 aromatic rings. The average Bonchev–Trinajstić information content (AvgIpc) is 2.16. The topological polar surface area (TPSA) is 12.9 Å². The van der Waals surface area contributed by atoms with Gasteiger partial charge in [-0.3, -0.25) is 4.98 Å². The molecule has 1 nitrogen and oxygen atoms in total. The summed E-state index contributed by atoms with van der Waals surface area (Å²) in [5, 5.41) is 0. The molecule has 1 aromatic heterocycles. The second kappa shape index (κ2) is 4.49. The Morgan fingerprint density at radius 1 is 1.36 bits per heavy atom. The number of aryl methyl sites for hydroxylation is 1. The van der Waals surface area contributed by atoms with Gasteiger partial charge in [0, 0.05) is 11.8 Å². The van der Waals surface area contributed by atoms with Gasteiger partial charge < -0.3 is 0 Å². The number of hydrogen-bond donors (Lipinski definition) is 0. The fourth-order valence-corrected chi connectivity index (χ4v) is 1.55. The van der Waals surface area contributed by atoms with E-state index in [0.29, 0.717) is 17.7 Å². The van der Waals surface area contributed by atoms with Gasteiger partial charge in [-0.25, -0.2) is 8.78 Å². The van der Waals surface area contributed by atoms with E-state index in [1.54, 1.807) is 12.3 Å². The second-order valence-corrected chi connectivity index (χ2v) is 3.58. The van der Waals surface area contributed by atoms with Crippen LogP contribution in [0.2, 0.25) is 0 Å². The van der Waals surface area contributed by atoms with Crippen molar-refractivity contribution in [2.75, 3.05) is 0 Å². The lowest BCUT2D eigenvalue weighted by Gasteiger charge is -2.14. The molecule has 0 saturated heterocycles. The summed E-state index contributed by atoms with van der Waals surface area (Å²) in [4.78, 5) is 4.03. The summed E-state index contributed by atoms with van der Waals surface area (Å²) >= 11 is 0. The van der Waals surface area contributed by atoms with Gasteiger partial charge >= 0.3 is 0 Å². The van der Waals surface area contributed by atoms with Gasteiger partial charge in [-0.2, -0.15) is 0 Å². The van der Waals surface area contributed by atoms with E-state index in [2.05, 4.69) is 4.98 Å². The molecule has 0 N–H and O–H groups in total. The molecule has 0 spiro atoms. The Bertz CT molecular complexity index is 308. The molecule has 0 saturated carbocycles. The third kappa shape index (κ3) is 2.08. The number of aromatic nitrogens is 1. The smallest absolute Gasteiger partial charge is 0.261 e. The van der Waals surface area contributed by atoms with E-state index < -0.39 is 6.43 Å². The van der Waals surface area contributed by atoms with Crippen LogP contribution in [0.15, 0.2) is 12.3 Å². The number of rotatable bonds is 3. The highest BCUT2D eigenvalue weighted by Gasteiger charge is 2.19. The molecule has 0 amide bonds. The van der Waals surface area contributed by atoms with Crippen molar-refractivity contribution < 1.29 is 8.78 Å². The van der Waals surface area contributed by atoms with Gasteiger partial charge in [0.2, 0.25) is 0 Å². The van der Waals surface area contributed by atoms with Gasteiger partial charge in [0.05, 0.1) is 5.69 Å². The molecule has 78 valence electrons. The third-order valence-electron chi connectivity index (χ3n) is 2.26. The first-order valence-electron chi connectivity index (χ1n) is 4.83. The van der Waals surface area contributed by atoms with Crippen LogP contribution in [0, 0.1) is 0 Å². The van der Waals surface area contributed by atoms with Crippen molar-refractivity contribution in [3.63, 3.8) is 0 Å². The molecule has 0 aromatic carbocycles. The van der Waals surface area contributed by atoms with E-state index >= 15 is 0 Å². The lowest BCUT2D eigenvalue weighted by Crippen LogP contribution is -2.04. The minimum Gasteiger partial charge on any atom is -0.261 e. The van der Waals surface area contributed by atoms with Crippen molar-refractivity contribution in [1.82, 2.24) is 4.98 Å². The maximum atomic E-state index is 12.8. The Morgan fingerprint density at radius 2 is 2.00 bits per heavy atom. The van der Waals surface area contributed by atoms with Gasteiger partial charge in [-0.1, -0.05) is 20.8 Å². The minimum absolute atomic E-state index is 0.0468. The zero-order valence-electron chi connectivity index (χ0n) is 8.72. The molecule has 0 unspecified atom stereocenters. The molecule has 1 rings (SSSR count). The van der Waals surface area contributed by atoms with Crippen molar-refractivity contribution >= 4 is 0 Å². The predicted molar refractivity (Wildman–Crippen MR) is 52.7 cm³/mol. The first-order valence-corrected chi connectivity index (χ1v) is 4.83. The van der Waals surface area contributed by atoms with Crippen LogP contribution < -0.4 is 0 Å². The lowest BCUT2D eigenvalue weighted by molar-refractivity contribution is 0.148. The number of pyridine rings is 1. The van der Waals surface area contributed by atoms with Gasteiger partial charge in [-0.05, 0) is 24.0 Å². The molecule has 0 aliphatic rings. The first kappa shape index (κ1) is 11.1. The van der Waals surface area contributed by atoms with Crippen LogP contribution in [0.4, 0.5) is 8.78 Å². The standard InChI is InChI=1S/C11H15F2N/c1-4-8-5-6-14-10(7(2)3)9(8)11(12)13/h5-7,11H,4H2,1-3H3. The molecule has 0 fully saturated rings. The van der Waals surface area contributed by atoms with Gasteiger partial charge in [0.1, 0.15) is 0 Å². The number of halogens is 2. The summed E-state index contributed by atoms with van der Waals surface area (Å²) in [7, 11) is 0. The van der Waals surface area contributed by atoms with Gasteiger partial charge in [0.15, 0.2) is 0 Å². The minimum atomic E-state index is -2.42. The third-order valence-corrected chi connectivity index (χ3v) is 2.26. The van der Waals surface area contributed by atoms with Crippen LogP contribution in [0.1, 0.15) is 49.9 Å². The van der Waals surface area contributed by atoms with Crippen LogP contribution >= 0.6 is 0 Å². The summed E-state index contributed by atoms with van der Waals surface area (Å²) in [5.74, 6) is 0.0468. The van der Waals surface area contributed by atoms with Crippen molar-refractivity contribution in [3.8, 4) is 0 Å². The number of alkyl halides is 2. The van der Waals surface area contributed by atoms with Crippen LogP contribution in [-0.4, -0.2) is 4.98 Å². The molecule has 14 heavy (non-hydrogen) atoms. The van der Waals surface area contributed by atoms with Crippen LogP contribution in [0.3, 0.4) is 0 Å². The fraction of sp³-hybridized carbons (Fsp3) is 0.545. The van der Waals surface area contributed by atoms with Crippen molar-refractivity contribution in [2.24, 2.45) is 0 Å². The Labute approximate surface area is 83.2 Å². The van der Waals surface area contributed by atoms with E-state index in [4.69, 9.17) is 0 Å². The molecule has 3 heteroatoms. The van der Waals surface area contributed by atoms with Crippen LogP contribution in [-0.2, 0) is 6.42 Å². The zero-order valence-corrected chi connectivity index (χ0v) is 8.72. The quantitative estimate of drug-likeness (QED) is 0.723. The van der Waals surface area contributed by atoms with Crippen LogP contribution in [0.25, 0.3) is 0 Å². The number of hydrogen-bond acceptors (Lipinski definition) is 1. The van der Waals surface area contributed by atoms with E-state index in [0.717, 1.165) is 0 Å². The largest absolute Gasteiger partial charge is 0.265 e. The van der Waals surface area contributed by atoms with E-state index in [-0.39, 0.29) is 11.5 Å². The fourth-order valence-electron chi connectivity index (χ4n) is 1.55. The summed E-state index contributed by atoms with van der Waals surface area (Å²) in [6.45, 7) is 5.65. The molecule has 0 radical (unpaired) electrons. The summed E-state index contributed by atoms with van der Waals surface area (Å²) in [6.07, 6.45) is -0.182. The Morgan fingerprint density at radius 3 is 2.43 bits per heavy atom. The number of nitrogens with zero attached hydrogens (tertiary/aromatic N) is 1. The van der Waals surface area contributed by atoms with Gasteiger partial charge in [0.25, 0.3) is 6.43 Å². The Hall–Kier alpha value is -0.990. The Balaban J connectivity index is 3.28. The summed E-state index contributed by atoms with van der Waals surface area (Å²) < 4.78 is 25.6. The zero-order chi connectivity index (χ0) is 10.7. The van der Waals surface area contributed by atoms with E-state index in [1.807, 2.05) is 20.8 Å². The highest BCUT2D eigenvalue weighted by atomic mass is 19.3. The molecular weight excluding hydrogens is 184 g/mol. The molecule has 0 aliphatic heterocycles. The molecule has 0 bridgehead atoms. The first-order chi connectivity index (χ1) is 6.57. The highest BCUT2D eigenvalue weighted by molar-refractivity contribution is 5.32. The highest BCUT2D eigenvalue weighted by Crippen LogP contribution is 2.29.